The van der Waals surface area contributed by atoms with Gasteiger partial charge in [0.1, 0.15) is 0 Å². The highest BCUT2D eigenvalue weighted by Gasteiger charge is 2.27. The second kappa shape index (κ2) is 6.80. The zero-order valence-electron chi connectivity index (χ0n) is 13.3. The van der Waals surface area contributed by atoms with E-state index in [9.17, 15) is 0 Å². The fourth-order valence-electron chi connectivity index (χ4n) is 3.18. The maximum absolute atomic E-state index is 4.71. The molecule has 2 aliphatic rings. The molecule has 0 unspecified atom stereocenters. The van der Waals surface area contributed by atoms with Crippen LogP contribution in [0.2, 0.25) is 0 Å². The molecule has 5 heteroatoms. The van der Waals surface area contributed by atoms with E-state index in [4.69, 9.17) is 5.10 Å². The van der Waals surface area contributed by atoms with E-state index < -0.39 is 0 Å². The van der Waals surface area contributed by atoms with Crippen LogP contribution in [0.4, 0.5) is 0 Å². The first kappa shape index (κ1) is 15.5. The highest BCUT2D eigenvalue weighted by atomic mass is 79.9. The molecule has 0 amide bonds. The van der Waals surface area contributed by atoms with Crippen LogP contribution in [0.25, 0.3) is 0 Å². The molecule has 1 saturated heterocycles. The molecule has 1 aromatic heterocycles. The van der Waals surface area contributed by atoms with E-state index in [0.717, 1.165) is 25.4 Å². The SMILES string of the molecule is CCc1nn(CC)c(CN2CCN(CC3CC3)CC2)c1Br. The molecule has 0 bridgehead atoms. The van der Waals surface area contributed by atoms with Gasteiger partial charge in [0.2, 0.25) is 0 Å². The van der Waals surface area contributed by atoms with Gasteiger partial charge in [-0.15, -0.1) is 0 Å². The number of piperazine rings is 1. The lowest BCUT2D eigenvalue weighted by Crippen LogP contribution is -2.46. The van der Waals surface area contributed by atoms with Crippen molar-refractivity contribution in [3.8, 4) is 0 Å². The summed E-state index contributed by atoms with van der Waals surface area (Å²) >= 11 is 3.76. The summed E-state index contributed by atoms with van der Waals surface area (Å²) in [6.45, 7) is 12.5. The Morgan fingerprint density at radius 1 is 1.10 bits per heavy atom. The summed E-state index contributed by atoms with van der Waals surface area (Å²) in [5.74, 6) is 1.01. The summed E-state index contributed by atoms with van der Waals surface area (Å²) in [7, 11) is 0. The Morgan fingerprint density at radius 3 is 2.33 bits per heavy atom. The van der Waals surface area contributed by atoms with Crippen LogP contribution < -0.4 is 0 Å². The molecular weight excluding hydrogens is 328 g/mol. The summed E-state index contributed by atoms with van der Waals surface area (Å²) in [6, 6.07) is 0. The minimum Gasteiger partial charge on any atom is -0.301 e. The maximum atomic E-state index is 4.71. The summed E-state index contributed by atoms with van der Waals surface area (Å²) in [5, 5.41) is 4.71. The Morgan fingerprint density at radius 2 is 1.76 bits per heavy atom. The molecule has 2 heterocycles. The molecule has 1 aliphatic heterocycles. The predicted molar refractivity (Wildman–Crippen MR) is 89.4 cm³/mol. The molecular formula is C16H27BrN4. The van der Waals surface area contributed by atoms with Gasteiger partial charge in [0.15, 0.2) is 0 Å². The molecule has 3 rings (SSSR count). The van der Waals surface area contributed by atoms with Crippen molar-refractivity contribution in [3.63, 3.8) is 0 Å². The fourth-order valence-corrected chi connectivity index (χ4v) is 3.87. The first-order chi connectivity index (χ1) is 10.2. The van der Waals surface area contributed by atoms with Gasteiger partial charge in [-0.25, -0.2) is 0 Å². The molecule has 0 N–H and O–H groups in total. The molecule has 0 aromatic carbocycles. The molecule has 1 aliphatic carbocycles. The second-order valence-corrected chi connectivity index (χ2v) is 7.19. The van der Waals surface area contributed by atoms with E-state index in [1.54, 1.807) is 0 Å². The van der Waals surface area contributed by atoms with E-state index in [1.807, 2.05) is 0 Å². The number of hydrogen-bond donors (Lipinski definition) is 0. The molecule has 0 atom stereocenters. The lowest BCUT2D eigenvalue weighted by atomic mass is 10.2. The van der Waals surface area contributed by atoms with Crippen molar-refractivity contribution in [3.05, 3.63) is 15.9 Å². The lowest BCUT2D eigenvalue weighted by molar-refractivity contribution is 0.121. The number of aromatic nitrogens is 2. The van der Waals surface area contributed by atoms with E-state index in [0.29, 0.717) is 0 Å². The van der Waals surface area contributed by atoms with Crippen LogP contribution >= 0.6 is 15.9 Å². The fraction of sp³-hybridized carbons (Fsp3) is 0.812. The van der Waals surface area contributed by atoms with Crippen LogP contribution in [-0.4, -0.2) is 52.3 Å². The van der Waals surface area contributed by atoms with Crippen LogP contribution in [-0.2, 0) is 19.5 Å². The average molecular weight is 355 g/mol. The van der Waals surface area contributed by atoms with Gasteiger partial charge in [-0.1, -0.05) is 6.92 Å². The van der Waals surface area contributed by atoms with Crippen molar-refractivity contribution >= 4 is 15.9 Å². The molecule has 1 aromatic rings. The van der Waals surface area contributed by atoms with E-state index in [-0.39, 0.29) is 0 Å². The van der Waals surface area contributed by atoms with Gasteiger partial charge >= 0.3 is 0 Å². The van der Waals surface area contributed by atoms with Gasteiger partial charge in [0.05, 0.1) is 15.9 Å². The van der Waals surface area contributed by atoms with Crippen LogP contribution in [0, 0.1) is 5.92 Å². The van der Waals surface area contributed by atoms with E-state index >= 15 is 0 Å². The first-order valence-corrected chi connectivity index (χ1v) is 9.19. The predicted octanol–water partition coefficient (Wildman–Crippen LogP) is 2.76. The van der Waals surface area contributed by atoms with Gasteiger partial charge < -0.3 is 4.90 Å². The Labute approximate surface area is 136 Å². The summed E-state index contributed by atoms with van der Waals surface area (Å²) in [5.41, 5.74) is 2.55. The molecule has 0 radical (unpaired) electrons. The van der Waals surface area contributed by atoms with Gasteiger partial charge in [0.25, 0.3) is 0 Å². The molecule has 0 spiro atoms. The molecule has 1 saturated carbocycles. The lowest BCUT2D eigenvalue weighted by Gasteiger charge is -2.34. The normalized spacial score (nSPS) is 21.1. The third kappa shape index (κ3) is 3.69. The summed E-state index contributed by atoms with van der Waals surface area (Å²) in [6.07, 6.45) is 3.92. The smallest absolute Gasteiger partial charge is 0.0767 e. The van der Waals surface area contributed by atoms with Crippen LogP contribution in [0.5, 0.6) is 0 Å². The second-order valence-electron chi connectivity index (χ2n) is 6.40. The largest absolute Gasteiger partial charge is 0.301 e. The summed E-state index contributed by atoms with van der Waals surface area (Å²) < 4.78 is 3.40. The summed E-state index contributed by atoms with van der Waals surface area (Å²) in [4.78, 5) is 5.23. The zero-order chi connectivity index (χ0) is 14.8. The number of rotatable bonds is 6. The van der Waals surface area contributed by atoms with Crippen molar-refractivity contribution in [2.45, 2.75) is 46.2 Å². The molecule has 21 heavy (non-hydrogen) atoms. The topological polar surface area (TPSA) is 24.3 Å². The van der Waals surface area contributed by atoms with Gasteiger partial charge in [-0.05, 0) is 48.0 Å². The highest BCUT2D eigenvalue weighted by molar-refractivity contribution is 9.10. The van der Waals surface area contributed by atoms with Gasteiger partial charge in [-0.3, -0.25) is 9.58 Å². The van der Waals surface area contributed by atoms with Crippen LogP contribution in [0.1, 0.15) is 38.1 Å². The number of hydrogen-bond acceptors (Lipinski definition) is 3. The van der Waals surface area contributed by atoms with Crippen molar-refractivity contribution in [1.82, 2.24) is 19.6 Å². The molecule has 2 fully saturated rings. The van der Waals surface area contributed by atoms with Crippen molar-refractivity contribution in [2.75, 3.05) is 32.7 Å². The highest BCUT2D eigenvalue weighted by Crippen LogP contribution is 2.30. The van der Waals surface area contributed by atoms with Crippen LogP contribution in [0.3, 0.4) is 0 Å². The minimum atomic E-state index is 0.954. The van der Waals surface area contributed by atoms with Crippen molar-refractivity contribution in [2.24, 2.45) is 5.92 Å². The Balaban J connectivity index is 1.58. The van der Waals surface area contributed by atoms with Gasteiger partial charge in [0, 0.05) is 45.8 Å². The standard InChI is InChI=1S/C16H27BrN4/c1-3-14-16(17)15(21(4-2)18-14)12-20-9-7-19(8-10-20)11-13-5-6-13/h13H,3-12H2,1-2H3. The average Bonchev–Trinajstić information content (AvgIpc) is 3.26. The Kier molecular flexibility index (Phi) is 5.02. The van der Waals surface area contributed by atoms with Crippen molar-refractivity contribution < 1.29 is 0 Å². The number of nitrogens with zero attached hydrogens (tertiary/aromatic N) is 4. The zero-order valence-corrected chi connectivity index (χ0v) is 14.9. The Hall–Kier alpha value is -0.390. The van der Waals surface area contributed by atoms with E-state index in [2.05, 4.69) is 44.3 Å². The number of aryl methyl sites for hydroxylation is 2. The van der Waals surface area contributed by atoms with Crippen LogP contribution in [0.15, 0.2) is 4.47 Å². The Bertz CT molecular complexity index is 473. The van der Waals surface area contributed by atoms with E-state index in [1.165, 1.54) is 61.4 Å². The monoisotopic (exact) mass is 354 g/mol. The quantitative estimate of drug-likeness (QED) is 0.784. The maximum Gasteiger partial charge on any atom is 0.0767 e. The number of halogens is 1. The molecule has 118 valence electrons. The molecule has 4 nitrogen and oxygen atoms in total. The third-order valence-electron chi connectivity index (χ3n) is 4.75. The third-order valence-corrected chi connectivity index (χ3v) is 5.66. The van der Waals surface area contributed by atoms with Crippen molar-refractivity contribution in [1.29, 1.82) is 0 Å². The first-order valence-electron chi connectivity index (χ1n) is 8.40. The minimum absolute atomic E-state index is 0.954. The van der Waals surface area contributed by atoms with Gasteiger partial charge in [-0.2, -0.15) is 5.10 Å².